The molecular weight excluding hydrogens is 186 g/mol. The summed E-state index contributed by atoms with van der Waals surface area (Å²) in [5.74, 6) is 0. The lowest BCUT2D eigenvalue weighted by Gasteiger charge is -2.28. The molecule has 1 aliphatic rings. The van der Waals surface area contributed by atoms with Crippen LogP contribution < -0.4 is 5.32 Å². The van der Waals surface area contributed by atoms with Crippen molar-refractivity contribution in [2.75, 3.05) is 0 Å². The first kappa shape index (κ1) is 10.7. The second kappa shape index (κ2) is 5.29. The first-order valence-electron chi connectivity index (χ1n) is 5.81. The van der Waals surface area contributed by atoms with E-state index in [2.05, 4.69) is 17.4 Å². The van der Waals surface area contributed by atoms with Gasteiger partial charge in [0.1, 0.15) is 0 Å². The molecule has 1 aromatic carbocycles. The van der Waals surface area contributed by atoms with Crippen LogP contribution in [-0.2, 0) is 6.54 Å². The molecule has 0 heterocycles. The van der Waals surface area contributed by atoms with Crippen molar-refractivity contribution in [2.45, 2.75) is 44.4 Å². The summed E-state index contributed by atoms with van der Waals surface area (Å²) in [5.41, 5.74) is 1.29. The Morgan fingerprint density at radius 2 is 1.87 bits per heavy atom. The van der Waals surface area contributed by atoms with Gasteiger partial charge in [0.25, 0.3) is 0 Å². The predicted molar refractivity (Wildman–Crippen MR) is 61.5 cm³/mol. The Balaban J connectivity index is 1.82. The Kier molecular flexibility index (Phi) is 3.75. The van der Waals surface area contributed by atoms with E-state index < -0.39 is 0 Å². The highest BCUT2D eigenvalue weighted by Crippen LogP contribution is 2.18. The van der Waals surface area contributed by atoms with E-state index in [-0.39, 0.29) is 6.10 Å². The van der Waals surface area contributed by atoms with E-state index in [1.807, 2.05) is 18.2 Å². The summed E-state index contributed by atoms with van der Waals surface area (Å²) in [6.07, 6.45) is 4.32. The largest absolute Gasteiger partial charge is 0.392 e. The minimum Gasteiger partial charge on any atom is -0.392 e. The maximum atomic E-state index is 9.78. The summed E-state index contributed by atoms with van der Waals surface area (Å²) in [4.78, 5) is 0. The van der Waals surface area contributed by atoms with Crippen molar-refractivity contribution in [1.29, 1.82) is 0 Å². The van der Waals surface area contributed by atoms with Crippen LogP contribution in [0.1, 0.15) is 31.2 Å². The molecule has 82 valence electrons. The van der Waals surface area contributed by atoms with Crippen LogP contribution in [0.5, 0.6) is 0 Å². The minimum atomic E-state index is -0.150. The Labute approximate surface area is 91.3 Å². The van der Waals surface area contributed by atoms with Crippen LogP contribution in [0.2, 0.25) is 0 Å². The SMILES string of the molecule is O[C@H]1CCCC[C@H]1NCc1ccccc1. The zero-order chi connectivity index (χ0) is 10.5. The number of aliphatic hydroxyl groups is 1. The van der Waals surface area contributed by atoms with Crippen LogP contribution in [0.25, 0.3) is 0 Å². The molecule has 2 rings (SSSR count). The van der Waals surface area contributed by atoms with E-state index in [0.29, 0.717) is 6.04 Å². The van der Waals surface area contributed by atoms with Crippen LogP contribution in [-0.4, -0.2) is 17.3 Å². The molecule has 1 fully saturated rings. The van der Waals surface area contributed by atoms with Crippen molar-refractivity contribution in [1.82, 2.24) is 5.32 Å². The van der Waals surface area contributed by atoms with Crippen molar-refractivity contribution in [2.24, 2.45) is 0 Å². The summed E-state index contributed by atoms with van der Waals surface area (Å²) in [5, 5.41) is 13.2. The van der Waals surface area contributed by atoms with Gasteiger partial charge in [-0.3, -0.25) is 0 Å². The third-order valence-corrected chi connectivity index (χ3v) is 3.14. The van der Waals surface area contributed by atoms with E-state index >= 15 is 0 Å². The van der Waals surface area contributed by atoms with Crippen LogP contribution in [0.4, 0.5) is 0 Å². The molecule has 0 bridgehead atoms. The molecule has 15 heavy (non-hydrogen) atoms. The minimum absolute atomic E-state index is 0.150. The van der Waals surface area contributed by atoms with Crippen molar-refractivity contribution in [3.8, 4) is 0 Å². The van der Waals surface area contributed by atoms with Gasteiger partial charge in [-0.05, 0) is 18.4 Å². The van der Waals surface area contributed by atoms with Gasteiger partial charge in [-0.25, -0.2) is 0 Å². The van der Waals surface area contributed by atoms with Gasteiger partial charge < -0.3 is 10.4 Å². The van der Waals surface area contributed by atoms with Crippen LogP contribution in [0, 0.1) is 0 Å². The van der Waals surface area contributed by atoms with E-state index in [1.54, 1.807) is 0 Å². The number of benzene rings is 1. The van der Waals surface area contributed by atoms with Crippen molar-refractivity contribution >= 4 is 0 Å². The normalized spacial score (nSPS) is 26.5. The lowest BCUT2D eigenvalue weighted by molar-refractivity contribution is 0.0902. The summed E-state index contributed by atoms with van der Waals surface area (Å²) in [6, 6.07) is 10.6. The highest BCUT2D eigenvalue weighted by molar-refractivity contribution is 5.14. The van der Waals surface area contributed by atoms with Crippen LogP contribution in [0.3, 0.4) is 0 Å². The highest BCUT2D eigenvalue weighted by atomic mass is 16.3. The average Bonchev–Trinajstić information content (AvgIpc) is 2.29. The monoisotopic (exact) mass is 205 g/mol. The summed E-state index contributed by atoms with van der Waals surface area (Å²) in [6.45, 7) is 0.864. The fourth-order valence-corrected chi connectivity index (χ4v) is 2.19. The van der Waals surface area contributed by atoms with E-state index in [1.165, 1.54) is 18.4 Å². The van der Waals surface area contributed by atoms with Crippen molar-refractivity contribution < 1.29 is 5.11 Å². The molecule has 2 heteroatoms. The first-order chi connectivity index (χ1) is 7.36. The zero-order valence-corrected chi connectivity index (χ0v) is 9.02. The molecule has 0 spiro atoms. The lowest BCUT2D eigenvalue weighted by atomic mass is 9.92. The number of nitrogens with one attached hydrogen (secondary N) is 1. The molecule has 0 saturated heterocycles. The van der Waals surface area contributed by atoms with Gasteiger partial charge in [-0.15, -0.1) is 0 Å². The van der Waals surface area contributed by atoms with Gasteiger partial charge in [-0.1, -0.05) is 43.2 Å². The lowest BCUT2D eigenvalue weighted by Crippen LogP contribution is -2.41. The summed E-state index contributed by atoms with van der Waals surface area (Å²) >= 11 is 0. The van der Waals surface area contributed by atoms with Gasteiger partial charge in [0.05, 0.1) is 6.10 Å². The van der Waals surface area contributed by atoms with E-state index in [9.17, 15) is 5.11 Å². The summed E-state index contributed by atoms with van der Waals surface area (Å²) in [7, 11) is 0. The molecule has 2 atom stereocenters. The topological polar surface area (TPSA) is 32.3 Å². The quantitative estimate of drug-likeness (QED) is 0.792. The van der Waals surface area contributed by atoms with Gasteiger partial charge in [0.15, 0.2) is 0 Å². The summed E-state index contributed by atoms with van der Waals surface area (Å²) < 4.78 is 0. The Hall–Kier alpha value is -0.860. The van der Waals surface area contributed by atoms with E-state index in [4.69, 9.17) is 0 Å². The molecule has 2 nitrogen and oxygen atoms in total. The van der Waals surface area contributed by atoms with Crippen LogP contribution in [0.15, 0.2) is 30.3 Å². The Bertz CT molecular complexity index is 286. The molecule has 1 aliphatic carbocycles. The maximum absolute atomic E-state index is 9.78. The van der Waals surface area contributed by atoms with Crippen molar-refractivity contribution in [3.05, 3.63) is 35.9 Å². The molecule has 2 N–H and O–H groups in total. The fourth-order valence-electron chi connectivity index (χ4n) is 2.19. The standard InChI is InChI=1S/C13H19NO/c15-13-9-5-4-8-12(13)14-10-11-6-2-1-3-7-11/h1-3,6-7,12-15H,4-5,8-10H2/t12-,13+/m1/s1. The number of rotatable bonds is 3. The molecule has 1 aromatic rings. The highest BCUT2D eigenvalue weighted by Gasteiger charge is 2.21. The number of hydrogen-bond donors (Lipinski definition) is 2. The zero-order valence-electron chi connectivity index (χ0n) is 9.02. The fraction of sp³-hybridized carbons (Fsp3) is 0.538. The average molecular weight is 205 g/mol. The second-order valence-electron chi connectivity index (χ2n) is 4.32. The molecule has 0 unspecified atom stereocenters. The molecule has 1 saturated carbocycles. The third-order valence-electron chi connectivity index (χ3n) is 3.14. The smallest absolute Gasteiger partial charge is 0.0693 e. The second-order valence-corrected chi connectivity index (χ2v) is 4.32. The van der Waals surface area contributed by atoms with Gasteiger partial charge in [-0.2, -0.15) is 0 Å². The number of hydrogen-bond acceptors (Lipinski definition) is 2. The maximum Gasteiger partial charge on any atom is 0.0693 e. The third kappa shape index (κ3) is 3.05. The number of aliphatic hydroxyl groups excluding tert-OH is 1. The molecular formula is C13H19NO. The predicted octanol–water partition coefficient (Wildman–Crippen LogP) is 2.08. The van der Waals surface area contributed by atoms with Crippen LogP contribution >= 0.6 is 0 Å². The van der Waals surface area contributed by atoms with Gasteiger partial charge in [0, 0.05) is 12.6 Å². The Morgan fingerprint density at radius 1 is 1.13 bits per heavy atom. The Morgan fingerprint density at radius 3 is 2.60 bits per heavy atom. The molecule has 0 amide bonds. The van der Waals surface area contributed by atoms with Gasteiger partial charge in [0.2, 0.25) is 0 Å². The molecule has 0 aromatic heterocycles. The molecule has 0 aliphatic heterocycles. The van der Waals surface area contributed by atoms with Crippen molar-refractivity contribution in [3.63, 3.8) is 0 Å². The first-order valence-corrected chi connectivity index (χ1v) is 5.81. The van der Waals surface area contributed by atoms with E-state index in [0.717, 1.165) is 19.4 Å². The molecule has 0 radical (unpaired) electrons. The van der Waals surface area contributed by atoms with Gasteiger partial charge >= 0.3 is 0 Å².